The van der Waals surface area contributed by atoms with Gasteiger partial charge in [-0.1, -0.05) is 54.6 Å². The monoisotopic (exact) mass is 346 g/mol. The third kappa shape index (κ3) is 2.47. The fourth-order valence-electron chi connectivity index (χ4n) is 3.20. The molecule has 1 aromatic heterocycles. The molecule has 0 aliphatic heterocycles. The third-order valence-corrected chi connectivity index (χ3v) is 4.42. The van der Waals surface area contributed by atoms with Gasteiger partial charge < -0.3 is 19.0 Å². The molecule has 130 valence electrons. The summed E-state index contributed by atoms with van der Waals surface area (Å²) in [5, 5.41) is 11.6. The highest BCUT2D eigenvalue weighted by atomic mass is 16.5. The maximum Gasteiger partial charge on any atom is 0.177 e. The number of hydrogen-bond acceptors (Lipinski definition) is 4. The van der Waals surface area contributed by atoms with Crippen LogP contribution in [0.25, 0.3) is 33.4 Å². The van der Waals surface area contributed by atoms with E-state index in [-0.39, 0.29) is 5.75 Å². The first-order valence-corrected chi connectivity index (χ1v) is 8.26. The quantitative estimate of drug-likeness (QED) is 0.531. The van der Waals surface area contributed by atoms with E-state index in [9.17, 15) is 5.11 Å². The normalized spacial score (nSPS) is 10.8. The maximum absolute atomic E-state index is 10.7. The van der Waals surface area contributed by atoms with Gasteiger partial charge in [0.25, 0.3) is 0 Å². The van der Waals surface area contributed by atoms with Crippen LogP contribution in [0, 0.1) is 0 Å². The summed E-state index contributed by atoms with van der Waals surface area (Å²) in [5.74, 6) is 1.82. The molecular weight excluding hydrogens is 328 g/mol. The van der Waals surface area contributed by atoms with Crippen molar-refractivity contribution >= 4 is 11.0 Å². The van der Waals surface area contributed by atoms with Crippen LogP contribution in [0.3, 0.4) is 0 Å². The van der Waals surface area contributed by atoms with Gasteiger partial charge in [-0.2, -0.15) is 0 Å². The van der Waals surface area contributed by atoms with E-state index < -0.39 is 0 Å². The van der Waals surface area contributed by atoms with Gasteiger partial charge in [0.15, 0.2) is 22.8 Å². The molecule has 1 heterocycles. The summed E-state index contributed by atoms with van der Waals surface area (Å²) in [4.78, 5) is 0. The Hall–Kier alpha value is -3.40. The van der Waals surface area contributed by atoms with E-state index in [1.54, 1.807) is 13.2 Å². The average molecular weight is 346 g/mol. The first kappa shape index (κ1) is 16.1. The molecule has 1 N–H and O–H groups in total. The standard InChI is InChI=1S/C22H18O4/c1-24-17-12-6-10-15(20(17)23)19-16-11-7-13-18(25-2)22(16)26-21(19)14-8-4-3-5-9-14/h3-13,23H,1-2H3. The molecule has 0 spiro atoms. The Morgan fingerprint density at radius 1 is 0.769 bits per heavy atom. The number of aromatic hydroxyl groups is 1. The number of phenols is 1. The van der Waals surface area contributed by atoms with Crippen molar-refractivity contribution in [2.24, 2.45) is 0 Å². The molecule has 3 aromatic carbocycles. The summed E-state index contributed by atoms with van der Waals surface area (Å²) >= 11 is 0. The lowest BCUT2D eigenvalue weighted by Gasteiger charge is -2.09. The zero-order valence-corrected chi connectivity index (χ0v) is 14.5. The van der Waals surface area contributed by atoms with Gasteiger partial charge in [-0.25, -0.2) is 0 Å². The topological polar surface area (TPSA) is 51.8 Å². The lowest BCUT2D eigenvalue weighted by molar-refractivity contribution is 0.374. The predicted molar refractivity (Wildman–Crippen MR) is 102 cm³/mol. The van der Waals surface area contributed by atoms with Gasteiger partial charge in [0, 0.05) is 22.1 Å². The number of methoxy groups -OCH3 is 2. The van der Waals surface area contributed by atoms with Crippen molar-refractivity contribution in [3.8, 4) is 39.7 Å². The van der Waals surface area contributed by atoms with Crippen LogP contribution < -0.4 is 9.47 Å². The highest BCUT2D eigenvalue weighted by Gasteiger charge is 2.23. The Morgan fingerprint density at radius 3 is 2.19 bits per heavy atom. The van der Waals surface area contributed by atoms with Crippen LogP contribution in [0.1, 0.15) is 0 Å². The van der Waals surface area contributed by atoms with Crippen LogP contribution >= 0.6 is 0 Å². The summed E-state index contributed by atoms with van der Waals surface area (Å²) in [6, 6.07) is 21.0. The van der Waals surface area contributed by atoms with Crippen LogP contribution in [-0.4, -0.2) is 19.3 Å². The van der Waals surface area contributed by atoms with Crippen LogP contribution in [0.2, 0.25) is 0 Å². The molecule has 0 amide bonds. The van der Waals surface area contributed by atoms with Gasteiger partial charge in [-0.3, -0.25) is 0 Å². The smallest absolute Gasteiger partial charge is 0.177 e. The van der Waals surface area contributed by atoms with Gasteiger partial charge in [0.1, 0.15) is 5.76 Å². The molecule has 0 radical (unpaired) electrons. The fraction of sp³-hybridized carbons (Fsp3) is 0.0909. The third-order valence-electron chi connectivity index (χ3n) is 4.42. The molecule has 0 fully saturated rings. The number of furan rings is 1. The highest BCUT2D eigenvalue weighted by Crippen LogP contribution is 2.48. The molecule has 0 saturated carbocycles. The van der Waals surface area contributed by atoms with E-state index in [1.165, 1.54) is 7.11 Å². The molecule has 0 saturated heterocycles. The molecule has 0 atom stereocenters. The molecule has 26 heavy (non-hydrogen) atoms. The Balaban J connectivity index is 2.10. The zero-order chi connectivity index (χ0) is 18.1. The van der Waals surface area contributed by atoms with Crippen molar-refractivity contribution in [3.63, 3.8) is 0 Å². The molecule has 0 aliphatic carbocycles. The number of rotatable bonds is 4. The lowest BCUT2D eigenvalue weighted by Crippen LogP contribution is -1.87. The minimum atomic E-state index is 0.0812. The predicted octanol–water partition coefficient (Wildman–Crippen LogP) is 5.49. The molecule has 4 rings (SSSR count). The van der Waals surface area contributed by atoms with E-state index in [0.29, 0.717) is 28.4 Å². The van der Waals surface area contributed by atoms with E-state index in [2.05, 4.69) is 0 Å². The molecular formula is C22H18O4. The summed E-state index contributed by atoms with van der Waals surface area (Å²) < 4.78 is 17.0. The highest BCUT2D eigenvalue weighted by molar-refractivity contribution is 6.05. The van der Waals surface area contributed by atoms with E-state index >= 15 is 0 Å². The average Bonchev–Trinajstić information content (AvgIpc) is 3.08. The summed E-state index contributed by atoms with van der Waals surface area (Å²) in [5.41, 5.74) is 3.02. The van der Waals surface area contributed by atoms with E-state index in [0.717, 1.165) is 16.5 Å². The van der Waals surface area contributed by atoms with Crippen molar-refractivity contribution in [1.82, 2.24) is 0 Å². The minimum Gasteiger partial charge on any atom is -0.504 e. The molecule has 0 aliphatic rings. The minimum absolute atomic E-state index is 0.0812. The van der Waals surface area contributed by atoms with Gasteiger partial charge in [-0.15, -0.1) is 0 Å². The Morgan fingerprint density at radius 2 is 1.46 bits per heavy atom. The molecule has 0 bridgehead atoms. The second-order valence-electron chi connectivity index (χ2n) is 5.87. The van der Waals surface area contributed by atoms with Crippen molar-refractivity contribution in [1.29, 1.82) is 0 Å². The second kappa shape index (κ2) is 6.48. The van der Waals surface area contributed by atoms with Crippen molar-refractivity contribution in [3.05, 3.63) is 66.7 Å². The Kier molecular flexibility index (Phi) is 4.01. The fourth-order valence-corrected chi connectivity index (χ4v) is 3.20. The number of hydrogen-bond donors (Lipinski definition) is 1. The number of phenolic OH excluding ortho intramolecular Hbond substituents is 1. The van der Waals surface area contributed by atoms with Gasteiger partial charge >= 0.3 is 0 Å². The van der Waals surface area contributed by atoms with Crippen molar-refractivity contribution in [2.75, 3.05) is 14.2 Å². The Bertz CT molecular complexity index is 1060. The van der Waals surface area contributed by atoms with Crippen LogP contribution in [0.4, 0.5) is 0 Å². The first-order chi connectivity index (χ1) is 12.7. The summed E-state index contributed by atoms with van der Waals surface area (Å²) in [6.07, 6.45) is 0. The molecule has 4 heteroatoms. The van der Waals surface area contributed by atoms with Crippen LogP contribution in [0.5, 0.6) is 17.2 Å². The molecule has 4 nitrogen and oxygen atoms in total. The molecule has 4 aromatic rings. The molecule has 0 unspecified atom stereocenters. The van der Waals surface area contributed by atoms with Gasteiger partial charge in [0.05, 0.1) is 14.2 Å². The van der Waals surface area contributed by atoms with Crippen LogP contribution in [0.15, 0.2) is 71.1 Å². The van der Waals surface area contributed by atoms with E-state index in [4.69, 9.17) is 13.9 Å². The van der Waals surface area contributed by atoms with Crippen molar-refractivity contribution < 1.29 is 19.0 Å². The Labute approximate surface area is 151 Å². The van der Waals surface area contributed by atoms with Gasteiger partial charge in [0.2, 0.25) is 0 Å². The lowest BCUT2D eigenvalue weighted by atomic mass is 9.97. The SMILES string of the molecule is COc1cccc(-c2c(-c3ccccc3)oc3c(OC)cccc23)c1O. The number of ether oxygens (including phenoxy) is 2. The summed E-state index contributed by atoms with van der Waals surface area (Å²) in [6.45, 7) is 0. The largest absolute Gasteiger partial charge is 0.504 e. The zero-order valence-electron chi connectivity index (χ0n) is 14.5. The summed E-state index contributed by atoms with van der Waals surface area (Å²) in [7, 11) is 3.15. The second-order valence-corrected chi connectivity index (χ2v) is 5.87. The first-order valence-electron chi connectivity index (χ1n) is 8.26. The number of fused-ring (bicyclic) bond motifs is 1. The maximum atomic E-state index is 10.7. The van der Waals surface area contributed by atoms with Gasteiger partial charge in [-0.05, 0) is 12.1 Å². The number of para-hydroxylation sites is 2. The van der Waals surface area contributed by atoms with Crippen LogP contribution in [-0.2, 0) is 0 Å². The van der Waals surface area contributed by atoms with E-state index in [1.807, 2.05) is 60.7 Å². The van der Waals surface area contributed by atoms with Crippen molar-refractivity contribution in [2.45, 2.75) is 0 Å². The number of benzene rings is 3.